The van der Waals surface area contributed by atoms with Gasteiger partial charge in [-0.3, -0.25) is 5.10 Å². The summed E-state index contributed by atoms with van der Waals surface area (Å²) >= 11 is 0. The van der Waals surface area contributed by atoms with Crippen LogP contribution in [0.1, 0.15) is 24.2 Å². The minimum atomic E-state index is 0.138. The van der Waals surface area contributed by atoms with Gasteiger partial charge in [-0.25, -0.2) is 0 Å². The summed E-state index contributed by atoms with van der Waals surface area (Å²) in [5, 5.41) is 10.3. The van der Waals surface area contributed by atoms with Gasteiger partial charge in [0.2, 0.25) is 0 Å². The van der Waals surface area contributed by atoms with E-state index in [1.54, 1.807) is 20.4 Å². The molecule has 19 heavy (non-hydrogen) atoms. The predicted octanol–water partition coefficient (Wildman–Crippen LogP) is 2.91. The molecule has 2 rings (SSSR count). The Kier molecular flexibility index (Phi) is 3.94. The maximum atomic E-state index is 5.32. The summed E-state index contributed by atoms with van der Waals surface area (Å²) in [6, 6.07) is 6.00. The van der Waals surface area contributed by atoms with Gasteiger partial charge < -0.3 is 14.8 Å². The van der Waals surface area contributed by atoms with Crippen LogP contribution in [0, 0.1) is 6.92 Å². The third-order valence-electron chi connectivity index (χ3n) is 3.09. The molecule has 0 radical (unpaired) electrons. The first kappa shape index (κ1) is 13.3. The van der Waals surface area contributed by atoms with Crippen molar-refractivity contribution in [2.75, 3.05) is 19.5 Å². The number of hydrogen-bond donors (Lipinski definition) is 2. The smallest absolute Gasteiger partial charge is 0.162 e. The van der Waals surface area contributed by atoms with E-state index in [9.17, 15) is 0 Å². The van der Waals surface area contributed by atoms with E-state index in [2.05, 4.69) is 22.4 Å². The third-order valence-corrected chi connectivity index (χ3v) is 3.09. The summed E-state index contributed by atoms with van der Waals surface area (Å²) in [5.74, 6) is 1.45. The van der Waals surface area contributed by atoms with E-state index in [1.165, 1.54) is 0 Å². The van der Waals surface area contributed by atoms with E-state index in [0.29, 0.717) is 5.75 Å². The van der Waals surface area contributed by atoms with Crippen LogP contribution in [-0.2, 0) is 0 Å². The Hall–Kier alpha value is -2.17. The zero-order valence-corrected chi connectivity index (χ0v) is 11.7. The maximum Gasteiger partial charge on any atom is 0.162 e. The monoisotopic (exact) mass is 261 g/mol. The summed E-state index contributed by atoms with van der Waals surface area (Å²) in [4.78, 5) is 0. The molecule has 2 N–H and O–H groups in total. The van der Waals surface area contributed by atoms with Gasteiger partial charge in [0, 0.05) is 18.0 Å². The minimum Gasteiger partial charge on any atom is -0.493 e. The number of nitrogens with zero attached hydrogens (tertiary/aromatic N) is 1. The van der Waals surface area contributed by atoms with Gasteiger partial charge in [0.15, 0.2) is 11.5 Å². The lowest BCUT2D eigenvalue weighted by molar-refractivity contribution is 0.355. The number of anilines is 1. The van der Waals surface area contributed by atoms with Crippen molar-refractivity contribution in [2.24, 2.45) is 0 Å². The number of aryl methyl sites for hydroxylation is 1. The Morgan fingerprint density at radius 3 is 2.47 bits per heavy atom. The normalized spacial score (nSPS) is 12.0. The summed E-state index contributed by atoms with van der Waals surface area (Å²) in [6.07, 6.45) is 1.75. The second-order valence-corrected chi connectivity index (χ2v) is 4.40. The van der Waals surface area contributed by atoms with Crippen LogP contribution in [0.2, 0.25) is 0 Å². The van der Waals surface area contributed by atoms with Crippen molar-refractivity contribution in [1.82, 2.24) is 10.2 Å². The molecule has 0 amide bonds. The van der Waals surface area contributed by atoms with Crippen molar-refractivity contribution in [1.29, 1.82) is 0 Å². The van der Waals surface area contributed by atoms with Crippen LogP contribution in [0.4, 0.5) is 5.69 Å². The lowest BCUT2D eigenvalue weighted by atomic mass is 10.1. The Morgan fingerprint density at radius 1 is 1.21 bits per heavy atom. The molecule has 5 nitrogen and oxygen atoms in total. The van der Waals surface area contributed by atoms with Crippen LogP contribution in [0.3, 0.4) is 0 Å². The van der Waals surface area contributed by atoms with Crippen molar-refractivity contribution < 1.29 is 9.47 Å². The van der Waals surface area contributed by atoms with Gasteiger partial charge in [-0.15, -0.1) is 0 Å². The summed E-state index contributed by atoms with van der Waals surface area (Å²) in [6.45, 7) is 4.10. The molecular formula is C14H19N3O2. The number of aromatic nitrogens is 2. The highest BCUT2D eigenvalue weighted by atomic mass is 16.5. The van der Waals surface area contributed by atoms with Crippen LogP contribution >= 0.6 is 0 Å². The molecule has 0 aliphatic heterocycles. The summed E-state index contributed by atoms with van der Waals surface area (Å²) < 4.78 is 10.6. The Morgan fingerprint density at radius 2 is 1.89 bits per heavy atom. The summed E-state index contributed by atoms with van der Waals surface area (Å²) in [7, 11) is 3.27. The zero-order valence-electron chi connectivity index (χ0n) is 11.7. The van der Waals surface area contributed by atoms with E-state index in [-0.39, 0.29) is 6.04 Å². The van der Waals surface area contributed by atoms with E-state index in [0.717, 1.165) is 22.7 Å². The number of methoxy groups -OCH3 is 2. The molecule has 1 atom stereocenters. The molecule has 1 unspecified atom stereocenters. The Labute approximate surface area is 112 Å². The van der Waals surface area contributed by atoms with Gasteiger partial charge in [-0.1, -0.05) is 0 Å². The highest BCUT2D eigenvalue weighted by molar-refractivity contribution is 5.60. The molecule has 1 aromatic heterocycles. The molecule has 0 saturated carbocycles. The molecule has 102 valence electrons. The molecule has 0 saturated heterocycles. The fourth-order valence-corrected chi connectivity index (χ4v) is 1.95. The summed E-state index contributed by atoms with van der Waals surface area (Å²) in [5.41, 5.74) is 3.15. The van der Waals surface area contributed by atoms with Gasteiger partial charge in [-0.2, -0.15) is 5.10 Å². The quantitative estimate of drug-likeness (QED) is 0.868. The molecule has 5 heteroatoms. The van der Waals surface area contributed by atoms with Gasteiger partial charge in [0.25, 0.3) is 0 Å². The molecule has 0 bridgehead atoms. The number of ether oxygens (including phenoxy) is 2. The molecule has 1 aromatic carbocycles. The van der Waals surface area contributed by atoms with Crippen LogP contribution in [0.5, 0.6) is 11.5 Å². The molecule has 0 aliphatic rings. The van der Waals surface area contributed by atoms with Crippen molar-refractivity contribution in [3.8, 4) is 11.5 Å². The fourth-order valence-electron chi connectivity index (χ4n) is 1.95. The third kappa shape index (κ3) is 2.81. The first-order valence-electron chi connectivity index (χ1n) is 6.14. The lowest BCUT2D eigenvalue weighted by Crippen LogP contribution is -2.08. The highest BCUT2D eigenvalue weighted by Gasteiger charge is 2.12. The van der Waals surface area contributed by atoms with Gasteiger partial charge in [0.1, 0.15) is 0 Å². The van der Waals surface area contributed by atoms with E-state index >= 15 is 0 Å². The number of H-pyrrole nitrogens is 1. The van der Waals surface area contributed by atoms with E-state index in [1.807, 2.05) is 25.1 Å². The first-order valence-corrected chi connectivity index (χ1v) is 6.14. The number of nitrogens with one attached hydrogen (secondary N) is 2. The number of benzene rings is 1. The van der Waals surface area contributed by atoms with Crippen molar-refractivity contribution in [3.63, 3.8) is 0 Å². The molecule has 1 heterocycles. The van der Waals surface area contributed by atoms with Gasteiger partial charge in [0.05, 0.1) is 26.0 Å². The molecule has 2 aromatic rings. The van der Waals surface area contributed by atoms with Crippen LogP contribution in [0.15, 0.2) is 24.4 Å². The van der Waals surface area contributed by atoms with Crippen LogP contribution in [0.25, 0.3) is 0 Å². The standard InChI is InChI=1S/C14H19N3O2/c1-9-7-13(18-3)14(19-4)8-12(9)16-10(2)11-5-6-15-17-11/h5-8,10,16H,1-4H3,(H,15,17). The van der Waals surface area contributed by atoms with Crippen LogP contribution in [-0.4, -0.2) is 24.4 Å². The molecule has 0 spiro atoms. The van der Waals surface area contributed by atoms with Gasteiger partial charge >= 0.3 is 0 Å². The number of rotatable bonds is 5. The number of hydrogen-bond acceptors (Lipinski definition) is 4. The fraction of sp³-hybridized carbons (Fsp3) is 0.357. The first-order chi connectivity index (χ1) is 9.15. The minimum absolute atomic E-state index is 0.138. The second-order valence-electron chi connectivity index (χ2n) is 4.40. The topological polar surface area (TPSA) is 59.2 Å². The largest absolute Gasteiger partial charge is 0.493 e. The van der Waals surface area contributed by atoms with Crippen molar-refractivity contribution in [3.05, 3.63) is 35.7 Å². The lowest BCUT2D eigenvalue weighted by Gasteiger charge is -2.18. The van der Waals surface area contributed by atoms with E-state index < -0.39 is 0 Å². The average molecular weight is 261 g/mol. The molecule has 0 aliphatic carbocycles. The van der Waals surface area contributed by atoms with Gasteiger partial charge in [-0.05, 0) is 31.5 Å². The second kappa shape index (κ2) is 5.65. The Bertz CT molecular complexity index is 538. The average Bonchev–Trinajstić information content (AvgIpc) is 2.94. The molecular weight excluding hydrogens is 242 g/mol. The van der Waals surface area contributed by atoms with Crippen LogP contribution < -0.4 is 14.8 Å². The Balaban J connectivity index is 2.25. The van der Waals surface area contributed by atoms with E-state index in [4.69, 9.17) is 9.47 Å². The maximum absolute atomic E-state index is 5.32. The van der Waals surface area contributed by atoms with Crippen molar-refractivity contribution in [2.45, 2.75) is 19.9 Å². The highest BCUT2D eigenvalue weighted by Crippen LogP contribution is 2.34. The predicted molar refractivity (Wildman–Crippen MR) is 74.9 cm³/mol. The zero-order chi connectivity index (χ0) is 13.8. The molecule has 0 fully saturated rings. The number of aromatic amines is 1. The van der Waals surface area contributed by atoms with Crippen molar-refractivity contribution >= 4 is 5.69 Å². The SMILES string of the molecule is COc1cc(C)c(NC(C)c2ccn[nH]2)cc1OC.